The Morgan fingerprint density at radius 2 is 1.83 bits per heavy atom. The summed E-state index contributed by atoms with van der Waals surface area (Å²) in [6.45, 7) is 9.19. The topological polar surface area (TPSA) is 59.2 Å². The number of hydrogen-bond donors (Lipinski definition) is 0. The van der Waals surface area contributed by atoms with Crippen molar-refractivity contribution in [2.24, 2.45) is 0 Å². The lowest BCUT2D eigenvalue weighted by molar-refractivity contribution is -0.117. The first-order chi connectivity index (χ1) is 14.3. The van der Waals surface area contributed by atoms with Crippen molar-refractivity contribution in [2.75, 3.05) is 11.4 Å². The second-order valence-corrected chi connectivity index (χ2v) is 9.97. The summed E-state index contributed by atoms with van der Waals surface area (Å²) < 4.78 is 5.84. The number of fused-ring (bicyclic) bond motifs is 1. The van der Waals surface area contributed by atoms with Gasteiger partial charge in [-0.15, -0.1) is 10.2 Å². The van der Waals surface area contributed by atoms with Gasteiger partial charge in [0.15, 0.2) is 0 Å². The molecule has 2 heterocycles. The Hall–Kier alpha value is -2.60. The van der Waals surface area contributed by atoms with Crippen LogP contribution >= 0.6 is 11.8 Å². The average Bonchev–Trinajstić information content (AvgIpc) is 3.20. The number of aryl methyl sites for hydroxylation is 1. The number of aromatic nitrogens is 2. The van der Waals surface area contributed by atoms with Crippen LogP contribution in [0.25, 0.3) is 11.5 Å². The number of benzene rings is 2. The van der Waals surface area contributed by atoms with Crippen LogP contribution in [0.1, 0.15) is 45.2 Å². The number of thioether (sulfide) groups is 1. The average molecular weight is 422 g/mol. The molecule has 1 aliphatic rings. The maximum Gasteiger partial charge on any atom is 0.277 e. The van der Waals surface area contributed by atoms with Crippen molar-refractivity contribution >= 4 is 23.4 Å². The number of para-hydroxylation sites is 1. The highest BCUT2D eigenvalue weighted by Crippen LogP contribution is 2.32. The number of carbonyl (C=O) groups excluding carboxylic acids is 1. The van der Waals surface area contributed by atoms with Crippen molar-refractivity contribution in [3.05, 3.63) is 59.7 Å². The Labute approximate surface area is 181 Å². The van der Waals surface area contributed by atoms with E-state index in [0.717, 1.165) is 30.6 Å². The zero-order valence-electron chi connectivity index (χ0n) is 17.9. The molecule has 0 saturated carbocycles. The summed E-state index contributed by atoms with van der Waals surface area (Å²) in [6.07, 6.45) is 2.00. The van der Waals surface area contributed by atoms with Crippen molar-refractivity contribution in [3.8, 4) is 11.5 Å². The fourth-order valence-corrected chi connectivity index (χ4v) is 4.42. The minimum absolute atomic E-state index is 0.0708. The van der Waals surface area contributed by atoms with Crippen LogP contribution in [-0.2, 0) is 16.6 Å². The Bertz CT molecular complexity index is 1040. The quantitative estimate of drug-likeness (QED) is 0.521. The molecule has 0 bridgehead atoms. The van der Waals surface area contributed by atoms with E-state index in [9.17, 15) is 4.79 Å². The maximum absolute atomic E-state index is 13.1. The maximum atomic E-state index is 13.1. The Balaban J connectivity index is 1.46. The summed E-state index contributed by atoms with van der Waals surface area (Å²) >= 11 is 1.31. The van der Waals surface area contributed by atoms with E-state index in [-0.39, 0.29) is 16.6 Å². The minimum Gasteiger partial charge on any atom is -0.411 e. The van der Waals surface area contributed by atoms with E-state index in [2.05, 4.69) is 49.2 Å². The van der Waals surface area contributed by atoms with E-state index in [1.54, 1.807) is 0 Å². The molecular weight excluding hydrogens is 394 g/mol. The largest absolute Gasteiger partial charge is 0.411 e. The first kappa shape index (κ1) is 20.7. The molecule has 0 radical (unpaired) electrons. The smallest absolute Gasteiger partial charge is 0.277 e. The van der Waals surface area contributed by atoms with Crippen molar-refractivity contribution in [1.82, 2.24) is 10.2 Å². The third kappa shape index (κ3) is 4.29. The second kappa shape index (κ2) is 8.26. The van der Waals surface area contributed by atoms with Crippen LogP contribution in [-0.4, -0.2) is 27.9 Å². The standard InChI is InChI=1S/C24H27N3O2S/c1-16(22(28)27-15-7-9-17-8-5-6-10-20(17)27)30-23-26-25-21(29-23)18-11-13-19(14-12-18)24(2,3)4/h5-6,8,10-14,16H,7,9,15H2,1-4H3. The Morgan fingerprint density at radius 3 is 2.57 bits per heavy atom. The van der Waals surface area contributed by atoms with Gasteiger partial charge < -0.3 is 9.32 Å². The van der Waals surface area contributed by atoms with E-state index in [4.69, 9.17) is 4.42 Å². The van der Waals surface area contributed by atoms with Crippen molar-refractivity contribution in [2.45, 2.75) is 56.4 Å². The molecule has 4 rings (SSSR count). The SMILES string of the molecule is CC(Sc1nnc(-c2ccc(C(C)(C)C)cc2)o1)C(=O)N1CCCc2ccccc21. The summed E-state index contributed by atoms with van der Waals surface area (Å²) in [7, 11) is 0. The van der Waals surface area contributed by atoms with E-state index < -0.39 is 0 Å². The first-order valence-corrected chi connectivity index (χ1v) is 11.2. The normalized spacial score (nSPS) is 15.0. The molecule has 0 N–H and O–H groups in total. The summed E-state index contributed by atoms with van der Waals surface area (Å²) in [4.78, 5) is 15.0. The molecular formula is C24H27N3O2S. The van der Waals surface area contributed by atoms with Gasteiger partial charge in [-0.1, -0.05) is 62.9 Å². The van der Waals surface area contributed by atoms with Crippen molar-refractivity contribution in [1.29, 1.82) is 0 Å². The van der Waals surface area contributed by atoms with Crippen LogP contribution < -0.4 is 4.90 Å². The summed E-state index contributed by atoms with van der Waals surface area (Å²) in [6, 6.07) is 16.3. The second-order valence-electron chi connectivity index (χ2n) is 8.68. The molecule has 1 amide bonds. The predicted molar refractivity (Wildman–Crippen MR) is 121 cm³/mol. The van der Waals surface area contributed by atoms with Crippen LogP contribution in [0.2, 0.25) is 0 Å². The summed E-state index contributed by atoms with van der Waals surface area (Å²) in [5.74, 6) is 0.544. The third-order valence-corrected chi connectivity index (χ3v) is 6.33. The number of nitrogens with zero attached hydrogens (tertiary/aromatic N) is 3. The van der Waals surface area contributed by atoms with Gasteiger partial charge in [-0.3, -0.25) is 4.79 Å². The summed E-state index contributed by atoms with van der Waals surface area (Å²) in [5, 5.41) is 8.43. The van der Waals surface area contributed by atoms with Crippen molar-refractivity contribution in [3.63, 3.8) is 0 Å². The van der Waals surface area contributed by atoms with Gasteiger partial charge in [0, 0.05) is 17.8 Å². The van der Waals surface area contributed by atoms with Crippen LogP contribution in [0.4, 0.5) is 5.69 Å². The molecule has 156 valence electrons. The number of rotatable bonds is 4. The molecule has 30 heavy (non-hydrogen) atoms. The predicted octanol–water partition coefficient (Wildman–Crippen LogP) is 5.49. The van der Waals surface area contributed by atoms with Gasteiger partial charge in [0.1, 0.15) is 0 Å². The first-order valence-electron chi connectivity index (χ1n) is 10.3. The monoisotopic (exact) mass is 421 g/mol. The van der Waals surface area contributed by atoms with Gasteiger partial charge in [0.05, 0.1) is 5.25 Å². The number of amides is 1. The Kier molecular flexibility index (Phi) is 5.69. The van der Waals surface area contributed by atoms with E-state index in [0.29, 0.717) is 11.1 Å². The zero-order chi connectivity index (χ0) is 21.3. The molecule has 3 aromatic rings. The molecule has 1 aliphatic heterocycles. The van der Waals surface area contributed by atoms with Gasteiger partial charge in [0.2, 0.25) is 11.8 Å². The lowest BCUT2D eigenvalue weighted by Gasteiger charge is -2.31. The van der Waals surface area contributed by atoms with E-state index in [1.165, 1.54) is 22.9 Å². The van der Waals surface area contributed by atoms with Gasteiger partial charge in [-0.05, 0) is 54.5 Å². The highest BCUT2D eigenvalue weighted by atomic mass is 32.2. The molecule has 2 aromatic carbocycles. The number of hydrogen-bond acceptors (Lipinski definition) is 5. The number of anilines is 1. The third-order valence-electron chi connectivity index (χ3n) is 5.41. The zero-order valence-corrected chi connectivity index (χ0v) is 18.7. The van der Waals surface area contributed by atoms with Crippen molar-refractivity contribution < 1.29 is 9.21 Å². The van der Waals surface area contributed by atoms with Crippen LogP contribution in [0, 0.1) is 0 Å². The lowest BCUT2D eigenvalue weighted by Crippen LogP contribution is -2.40. The van der Waals surface area contributed by atoms with Gasteiger partial charge in [-0.2, -0.15) is 0 Å². The molecule has 0 fully saturated rings. The highest BCUT2D eigenvalue weighted by molar-refractivity contribution is 8.00. The minimum atomic E-state index is -0.312. The summed E-state index contributed by atoms with van der Waals surface area (Å²) in [5.41, 5.74) is 4.48. The fraction of sp³-hybridized carbons (Fsp3) is 0.375. The lowest BCUT2D eigenvalue weighted by atomic mass is 9.87. The molecule has 6 heteroatoms. The molecule has 0 aliphatic carbocycles. The van der Waals surface area contributed by atoms with Crippen LogP contribution in [0.5, 0.6) is 0 Å². The van der Waals surface area contributed by atoms with E-state index >= 15 is 0 Å². The van der Waals surface area contributed by atoms with Crippen LogP contribution in [0.3, 0.4) is 0 Å². The molecule has 1 atom stereocenters. The highest BCUT2D eigenvalue weighted by Gasteiger charge is 2.28. The van der Waals surface area contributed by atoms with Gasteiger partial charge in [-0.25, -0.2) is 0 Å². The van der Waals surface area contributed by atoms with E-state index in [1.807, 2.05) is 42.2 Å². The van der Waals surface area contributed by atoms with Gasteiger partial charge in [0.25, 0.3) is 5.22 Å². The fourth-order valence-electron chi connectivity index (χ4n) is 3.67. The molecule has 5 nitrogen and oxygen atoms in total. The molecule has 1 aromatic heterocycles. The molecule has 0 spiro atoms. The van der Waals surface area contributed by atoms with Gasteiger partial charge >= 0.3 is 0 Å². The number of carbonyl (C=O) groups is 1. The molecule has 1 unspecified atom stereocenters. The van der Waals surface area contributed by atoms with Crippen LogP contribution in [0.15, 0.2) is 58.2 Å². The Morgan fingerprint density at radius 1 is 1.10 bits per heavy atom. The molecule has 0 saturated heterocycles.